The van der Waals surface area contributed by atoms with Crippen LogP contribution in [0.2, 0.25) is 0 Å². The van der Waals surface area contributed by atoms with Crippen molar-refractivity contribution in [3.8, 4) is 0 Å². The van der Waals surface area contributed by atoms with E-state index < -0.39 is 4.92 Å². The van der Waals surface area contributed by atoms with Crippen LogP contribution in [0, 0.1) is 10.1 Å². The third-order valence-electron chi connectivity index (χ3n) is 2.02. The summed E-state index contributed by atoms with van der Waals surface area (Å²) in [5.41, 5.74) is 0.831. The number of aromatic nitrogens is 2. The average molecular weight is 227 g/mol. The van der Waals surface area contributed by atoms with Gasteiger partial charge in [0.05, 0.1) is 35.1 Å². The summed E-state index contributed by atoms with van der Waals surface area (Å²) < 4.78 is 7.94. The maximum Gasteiger partial charge on any atom is 0.274 e. The predicted octanol–water partition coefficient (Wildman–Crippen LogP) is 0.0189. The van der Waals surface area contributed by atoms with Crippen molar-refractivity contribution in [3.63, 3.8) is 0 Å². The summed E-state index contributed by atoms with van der Waals surface area (Å²) in [4.78, 5) is 11.8. The molecule has 1 N–H and O–H groups in total. The molecule has 0 radical (unpaired) electrons. The first-order valence-electron chi connectivity index (χ1n) is 4.36. The fourth-order valence-electron chi connectivity index (χ4n) is 1.39. The number of rotatable bonds is 3. The molecule has 2 heterocycles. The van der Waals surface area contributed by atoms with Gasteiger partial charge in [0.25, 0.3) is 6.20 Å². The molecule has 0 spiro atoms. The van der Waals surface area contributed by atoms with Gasteiger partial charge in [-0.1, -0.05) is 0 Å². The van der Waals surface area contributed by atoms with Crippen molar-refractivity contribution < 1.29 is 4.92 Å². The van der Waals surface area contributed by atoms with Gasteiger partial charge in [0.15, 0.2) is 5.82 Å². The van der Waals surface area contributed by atoms with E-state index in [9.17, 15) is 10.1 Å². The van der Waals surface area contributed by atoms with Crippen LogP contribution in [-0.4, -0.2) is 31.7 Å². The van der Waals surface area contributed by atoms with Gasteiger partial charge < -0.3 is 10.2 Å². The zero-order valence-corrected chi connectivity index (χ0v) is 8.61. The fourth-order valence-corrected chi connectivity index (χ4v) is 1.82. The highest BCUT2D eigenvalue weighted by molar-refractivity contribution is 6.99. The highest BCUT2D eigenvalue weighted by Gasteiger charge is 2.20. The maximum absolute atomic E-state index is 10.3. The molecule has 0 aromatic carbocycles. The Morgan fingerprint density at radius 1 is 1.80 bits per heavy atom. The topological polar surface area (TPSA) is 84.2 Å². The standard InChI is InChI=1S/C7H9N5O2S/c13-12(14)5-7-8-1-2-11(7)4-6-3-9-15-10-6/h3,5,8H,1-2,4H2/b7-5+. The van der Waals surface area contributed by atoms with Gasteiger partial charge in [-0.05, 0) is 0 Å². The number of hydrogen-bond acceptors (Lipinski definition) is 7. The van der Waals surface area contributed by atoms with E-state index in [0.29, 0.717) is 12.4 Å². The van der Waals surface area contributed by atoms with Crippen molar-refractivity contribution in [2.45, 2.75) is 6.54 Å². The van der Waals surface area contributed by atoms with Crippen LogP contribution in [0.1, 0.15) is 5.69 Å². The van der Waals surface area contributed by atoms with E-state index in [1.807, 2.05) is 4.90 Å². The minimum atomic E-state index is -0.458. The Morgan fingerprint density at radius 2 is 2.67 bits per heavy atom. The van der Waals surface area contributed by atoms with Gasteiger partial charge in [-0.15, -0.1) is 0 Å². The molecular formula is C7H9N5O2S. The lowest BCUT2D eigenvalue weighted by atomic mass is 10.4. The molecule has 0 aliphatic carbocycles. The Morgan fingerprint density at radius 3 is 3.33 bits per heavy atom. The normalized spacial score (nSPS) is 18.1. The van der Waals surface area contributed by atoms with E-state index in [0.717, 1.165) is 36.7 Å². The number of nitrogens with one attached hydrogen (secondary N) is 1. The number of nitro groups is 1. The third-order valence-corrected chi connectivity index (χ3v) is 2.53. The second-order valence-electron chi connectivity index (χ2n) is 3.05. The monoisotopic (exact) mass is 227 g/mol. The molecule has 1 aromatic rings. The zero-order chi connectivity index (χ0) is 10.7. The van der Waals surface area contributed by atoms with Crippen LogP contribution in [0.5, 0.6) is 0 Å². The van der Waals surface area contributed by atoms with Crippen LogP contribution < -0.4 is 5.32 Å². The molecule has 15 heavy (non-hydrogen) atoms. The Balaban J connectivity index is 2.05. The van der Waals surface area contributed by atoms with Crippen LogP contribution >= 0.6 is 11.7 Å². The number of hydrogen-bond donors (Lipinski definition) is 1. The zero-order valence-electron chi connectivity index (χ0n) is 7.79. The van der Waals surface area contributed by atoms with Gasteiger partial charge in [0, 0.05) is 13.1 Å². The molecule has 7 nitrogen and oxygen atoms in total. The van der Waals surface area contributed by atoms with E-state index in [1.165, 1.54) is 0 Å². The van der Waals surface area contributed by atoms with E-state index in [1.54, 1.807) is 6.20 Å². The molecule has 0 bridgehead atoms. The number of nitrogens with zero attached hydrogens (tertiary/aromatic N) is 4. The van der Waals surface area contributed by atoms with Crippen molar-refractivity contribution in [2.24, 2.45) is 0 Å². The van der Waals surface area contributed by atoms with E-state index >= 15 is 0 Å². The molecule has 1 aliphatic rings. The van der Waals surface area contributed by atoms with Gasteiger partial charge in [0.2, 0.25) is 0 Å². The van der Waals surface area contributed by atoms with Gasteiger partial charge in [-0.2, -0.15) is 8.75 Å². The third kappa shape index (κ3) is 2.40. The average Bonchev–Trinajstić information content (AvgIpc) is 2.78. The van der Waals surface area contributed by atoms with Crippen LogP contribution in [0.25, 0.3) is 0 Å². The maximum atomic E-state index is 10.3. The van der Waals surface area contributed by atoms with Gasteiger partial charge in [-0.25, -0.2) is 0 Å². The summed E-state index contributed by atoms with van der Waals surface area (Å²) in [6, 6.07) is 0. The minimum absolute atomic E-state index is 0.458. The summed E-state index contributed by atoms with van der Waals surface area (Å²) in [6.45, 7) is 2.03. The molecule has 1 saturated heterocycles. The molecule has 1 aromatic heterocycles. The largest absolute Gasteiger partial charge is 0.365 e. The lowest BCUT2D eigenvalue weighted by Crippen LogP contribution is -2.20. The van der Waals surface area contributed by atoms with Crippen molar-refractivity contribution in [1.82, 2.24) is 19.0 Å². The van der Waals surface area contributed by atoms with Crippen molar-refractivity contribution in [2.75, 3.05) is 13.1 Å². The van der Waals surface area contributed by atoms with E-state index in [4.69, 9.17) is 0 Å². The second kappa shape index (κ2) is 4.22. The summed E-state index contributed by atoms with van der Waals surface area (Å²) in [7, 11) is 0. The molecule has 0 saturated carbocycles. The Bertz CT molecular complexity index is 377. The van der Waals surface area contributed by atoms with Crippen LogP contribution in [-0.2, 0) is 6.54 Å². The summed E-state index contributed by atoms with van der Waals surface area (Å²) in [6.07, 6.45) is 2.65. The van der Waals surface area contributed by atoms with Crippen LogP contribution in [0.3, 0.4) is 0 Å². The fraction of sp³-hybridized carbons (Fsp3) is 0.429. The highest BCUT2D eigenvalue weighted by atomic mass is 32.1. The van der Waals surface area contributed by atoms with Crippen molar-refractivity contribution >= 4 is 11.7 Å². The molecule has 80 valence electrons. The lowest BCUT2D eigenvalue weighted by Gasteiger charge is -2.14. The molecule has 0 amide bonds. The molecule has 1 aliphatic heterocycles. The first kappa shape index (κ1) is 9.84. The van der Waals surface area contributed by atoms with Gasteiger partial charge in [-0.3, -0.25) is 10.1 Å². The van der Waals surface area contributed by atoms with E-state index in [2.05, 4.69) is 14.1 Å². The van der Waals surface area contributed by atoms with Crippen molar-refractivity contribution in [3.05, 3.63) is 34.0 Å². The Labute approximate surface area is 89.9 Å². The van der Waals surface area contributed by atoms with Gasteiger partial charge in [0.1, 0.15) is 0 Å². The Hall–Kier alpha value is -1.70. The molecule has 1 fully saturated rings. The molecule has 0 unspecified atom stereocenters. The Kier molecular flexibility index (Phi) is 2.77. The highest BCUT2D eigenvalue weighted by Crippen LogP contribution is 2.11. The molecule has 0 atom stereocenters. The smallest absolute Gasteiger partial charge is 0.274 e. The molecule has 8 heteroatoms. The van der Waals surface area contributed by atoms with Crippen LogP contribution in [0.15, 0.2) is 18.2 Å². The first-order valence-corrected chi connectivity index (χ1v) is 5.09. The quantitative estimate of drug-likeness (QED) is 0.579. The summed E-state index contributed by atoms with van der Waals surface area (Å²) in [5, 5.41) is 13.3. The molecule has 2 rings (SSSR count). The second-order valence-corrected chi connectivity index (χ2v) is 3.60. The lowest BCUT2D eigenvalue weighted by molar-refractivity contribution is -0.404. The SMILES string of the molecule is O=[N+]([O-])/C=C1\NCCN1Cc1cnsn1. The van der Waals surface area contributed by atoms with Gasteiger partial charge >= 0.3 is 0 Å². The predicted molar refractivity (Wildman–Crippen MR) is 53.4 cm³/mol. The van der Waals surface area contributed by atoms with Crippen molar-refractivity contribution in [1.29, 1.82) is 0 Å². The van der Waals surface area contributed by atoms with E-state index in [-0.39, 0.29) is 0 Å². The first-order chi connectivity index (χ1) is 7.25. The summed E-state index contributed by atoms with van der Waals surface area (Å²) in [5.74, 6) is 0.535. The minimum Gasteiger partial charge on any atom is -0.365 e. The molecular weight excluding hydrogens is 218 g/mol. The summed E-state index contributed by atoms with van der Waals surface area (Å²) >= 11 is 1.14. The van der Waals surface area contributed by atoms with Crippen LogP contribution in [0.4, 0.5) is 0 Å².